The van der Waals surface area contributed by atoms with E-state index in [0.29, 0.717) is 20.6 Å². The Labute approximate surface area is 174 Å². The zero-order valence-electron chi connectivity index (χ0n) is 14.8. The van der Waals surface area contributed by atoms with Crippen LogP contribution in [0.3, 0.4) is 0 Å². The zero-order chi connectivity index (χ0) is 21.5. The lowest BCUT2D eigenvalue weighted by atomic mass is 10.1. The van der Waals surface area contributed by atoms with Crippen LogP contribution < -0.4 is 0 Å². The topological polar surface area (TPSA) is 25.8 Å². The van der Waals surface area contributed by atoms with Gasteiger partial charge in [0.25, 0.3) is 0 Å². The number of aromatic nitrogens is 2. The third-order valence-corrected chi connectivity index (χ3v) is 6.76. The maximum atomic E-state index is 12.9. The van der Waals surface area contributed by atoms with Crippen LogP contribution >= 0.6 is 21.6 Å². The number of rotatable bonds is 3. The molecular weight excluding hydrogens is 446 g/mol. The first-order valence-electron chi connectivity index (χ1n) is 8.39. The summed E-state index contributed by atoms with van der Waals surface area (Å²) in [6.45, 7) is 0. The molecule has 0 atom stereocenters. The SMILES string of the molecule is FC(F)(F)c1ccc2c(SSc3ccnc4cc(C(F)(F)F)ccc34)ccnc2c1. The average Bonchev–Trinajstić information content (AvgIpc) is 2.70. The molecule has 0 bridgehead atoms. The van der Waals surface area contributed by atoms with E-state index in [1.54, 1.807) is 12.1 Å². The van der Waals surface area contributed by atoms with Crippen molar-refractivity contribution in [1.29, 1.82) is 0 Å². The van der Waals surface area contributed by atoms with E-state index in [2.05, 4.69) is 9.97 Å². The summed E-state index contributed by atoms with van der Waals surface area (Å²) in [7, 11) is 2.57. The summed E-state index contributed by atoms with van der Waals surface area (Å²) in [6.07, 6.45) is -6.07. The minimum atomic E-state index is -4.46. The molecular formula is C20H10F6N2S2. The van der Waals surface area contributed by atoms with Crippen molar-refractivity contribution >= 4 is 43.4 Å². The number of alkyl halides is 6. The summed E-state index contributed by atoms with van der Waals surface area (Å²) in [5, 5.41) is 1.11. The summed E-state index contributed by atoms with van der Waals surface area (Å²) >= 11 is 0. The number of nitrogens with zero attached hydrogens (tertiary/aromatic N) is 2. The van der Waals surface area contributed by atoms with Crippen LogP contribution in [0.15, 0.2) is 70.7 Å². The van der Waals surface area contributed by atoms with E-state index in [9.17, 15) is 26.3 Å². The summed E-state index contributed by atoms with van der Waals surface area (Å²) in [6, 6.07) is 10.1. The lowest BCUT2D eigenvalue weighted by molar-refractivity contribution is -0.138. The van der Waals surface area contributed by atoms with Crippen molar-refractivity contribution in [3.05, 3.63) is 72.1 Å². The molecule has 2 aromatic heterocycles. The lowest BCUT2D eigenvalue weighted by Gasteiger charge is -2.11. The number of pyridine rings is 2. The molecule has 154 valence electrons. The van der Waals surface area contributed by atoms with Gasteiger partial charge in [-0.15, -0.1) is 0 Å². The molecule has 4 aromatic rings. The summed E-state index contributed by atoms with van der Waals surface area (Å²) in [5.41, 5.74) is -1.13. The largest absolute Gasteiger partial charge is 0.416 e. The van der Waals surface area contributed by atoms with Crippen molar-refractivity contribution < 1.29 is 26.3 Å². The van der Waals surface area contributed by atoms with Gasteiger partial charge in [0.05, 0.1) is 22.2 Å². The van der Waals surface area contributed by atoms with Crippen LogP contribution in [0.2, 0.25) is 0 Å². The van der Waals surface area contributed by atoms with E-state index in [-0.39, 0.29) is 11.0 Å². The molecule has 4 rings (SSSR count). The first-order chi connectivity index (χ1) is 14.1. The molecule has 0 aliphatic heterocycles. The van der Waals surface area contributed by atoms with Crippen LogP contribution in [-0.4, -0.2) is 9.97 Å². The fraction of sp³-hybridized carbons (Fsp3) is 0.100. The molecule has 0 unspecified atom stereocenters. The third kappa shape index (κ3) is 4.20. The first kappa shape index (κ1) is 20.8. The first-order valence-corrected chi connectivity index (χ1v) is 10.5. The van der Waals surface area contributed by atoms with Gasteiger partial charge in [0, 0.05) is 33.0 Å². The van der Waals surface area contributed by atoms with Gasteiger partial charge in [-0.05, 0) is 36.4 Å². The highest BCUT2D eigenvalue weighted by Crippen LogP contribution is 2.43. The fourth-order valence-corrected chi connectivity index (χ4v) is 5.18. The normalized spacial score (nSPS) is 12.6. The minimum Gasteiger partial charge on any atom is -0.256 e. The maximum Gasteiger partial charge on any atom is 0.416 e. The van der Waals surface area contributed by atoms with Gasteiger partial charge in [0.2, 0.25) is 0 Å². The van der Waals surface area contributed by atoms with Crippen molar-refractivity contribution in [2.75, 3.05) is 0 Å². The molecule has 0 aliphatic rings. The van der Waals surface area contributed by atoms with Crippen molar-refractivity contribution in [1.82, 2.24) is 9.97 Å². The highest BCUT2D eigenvalue weighted by molar-refractivity contribution is 8.76. The van der Waals surface area contributed by atoms with Crippen LogP contribution in [-0.2, 0) is 12.4 Å². The van der Waals surface area contributed by atoms with E-state index < -0.39 is 23.5 Å². The molecule has 0 N–H and O–H groups in total. The monoisotopic (exact) mass is 456 g/mol. The van der Waals surface area contributed by atoms with Gasteiger partial charge < -0.3 is 0 Å². The van der Waals surface area contributed by atoms with E-state index >= 15 is 0 Å². The van der Waals surface area contributed by atoms with Crippen molar-refractivity contribution in [2.45, 2.75) is 22.1 Å². The Morgan fingerprint density at radius 2 is 0.967 bits per heavy atom. The lowest BCUT2D eigenvalue weighted by Crippen LogP contribution is -2.04. The van der Waals surface area contributed by atoms with Gasteiger partial charge in [-0.25, -0.2) is 0 Å². The number of halogens is 6. The summed E-state index contributed by atoms with van der Waals surface area (Å²) < 4.78 is 77.5. The molecule has 0 saturated carbocycles. The second-order valence-electron chi connectivity index (χ2n) is 6.24. The van der Waals surface area contributed by atoms with Gasteiger partial charge in [-0.1, -0.05) is 33.7 Å². The Bertz CT molecular complexity index is 1140. The van der Waals surface area contributed by atoms with Crippen LogP contribution in [0.5, 0.6) is 0 Å². The quantitative estimate of drug-likeness (QED) is 0.234. The van der Waals surface area contributed by atoms with Gasteiger partial charge in [-0.2, -0.15) is 26.3 Å². The second kappa shape index (κ2) is 7.66. The summed E-state index contributed by atoms with van der Waals surface area (Å²) in [4.78, 5) is 9.41. The van der Waals surface area contributed by atoms with E-state index in [1.165, 1.54) is 46.1 Å². The Morgan fingerprint density at radius 3 is 1.33 bits per heavy atom. The van der Waals surface area contributed by atoms with Crippen LogP contribution in [0.25, 0.3) is 21.8 Å². The van der Waals surface area contributed by atoms with E-state index in [0.717, 1.165) is 24.3 Å². The molecule has 0 radical (unpaired) electrons. The van der Waals surface area contributed by atoms with Crippen LogP contribution in [0, 0.1) is 0 Å². The average molecular weight is 456 g/mol. The molecule has 10 heteroatoms. The molecule has 2 aromatic carbocycles. The maximum absolute atomic E-state index is 12.9. The van der Waals surface area contributed by atoms with E-state index in [1.807, 2.05) is 0 Å². The van der Waals surface area contributed by atoms with Crippen molar-refractivity contribution in [2.24, 2.45) is 0 Å². The van der Waals surface area contributed by atoms with Gasteiger partial charge in [0.1, 0.15) is 0 Å². The Kier molecular flexibility index (Phi) is 5.31. The smallest absolute Gasteiger partial charge is 0.256 e. The van der Waals surface area contributed by atoms with Crippen molar-refractivity contribution in [3.63, 3.8) is 0 Å². The Balaban J connectivity index is 1.65. The van der Waals surface area contributed by atoms with E-state index in [4.69, 9.17) is 0 Å². The molecule has 2 nitrogen and oxygen atoms in total. The molecule has 2 heterocycles. The second-order valence-corrected chi connectivity index (χ2v) is 8.46. The predicted octanol–water partition coefficient (Wildman–Crippen LogP) is 7.62. The number of benzene rings is 2. The highest BCUT2D eigenvalue weighted by atomic mass is 33.1. The molecule has 0 spiro atoms. The summed E-state index contributed by atoms with van der Waals surface area (Å²) in [5.74, 6) is 0. The number of hydrogen-bond donors (Lipinski definition) is 0. The van der Waals surface area contributed by atoms with Crippen molar-refractivity contribution in [3.8, 4) is 0 Å². The zero-order valence-corrected chi connectivity index (χ0v) is 16.4. The molecule has 30 heavy (non-hydrogen) atoms. The van der Waals surface area contributed by atoms with Gasteiger partial charge in [0.15, 0.2) is 0 Å². The molecule has 0 fully saturated rings. The Morgan fingerprint density at radius 1 is 0.567 bits per heavy atom. The minimum absolute atomic E-state index is 0.213. The number of fused-ring (bicyclic) bond motifs is 2. The molecule has 0 saturated heterocycles. The predicted molar refractivity (Wildman–Crippen MR) is 105 cm³/mol. The highest BCUT2D eigenvalue weighted by Gasteiger charge is 2.31. The molecule has 0 amide bonds. The Hall–Kier alpha value is -2.46. The standard InChI is InChI=1S/C20H10F6N2S2/c21-19(22,23)11-1-3-13-15(9-11)27-7-5-17(13)29-30-18-6-8-28-16-10-12(20(24,25)26)2-4-14(16)18/h1-10H. The van der Waals surface area contributed by atoms with Gasteiger partial charge >= 0.3 is 12.4 Å². The molecule has 0 aliphatic carbocycles. The number of hydrogen-bond acceptors (Lipinski definition) is 4. The van der Waals surface area contributed by atoms with Crippen LogP contribution in [0.4, 0.5) is 26.3 Å². The van der Waals surface area contributed by atoms with Gasteiger partial charge in [-0.3, -0.25) is 9.97 Å². The van der Waals surface area contributed by atoms with Crippen LogP contribution in [0.1, 0.15) is 11.1 Å². The third-order valence-electron chi connectivity index (χ3n) is 4.28. The fourth-order valence-electron chi connectivity index (χ4n) is 2.83.